The van der Waals surface area contributed by atoms with E-state index in [1.54, 1.807) is 0 Å². The molecule has 1 aromatic heterocycles. The molecule has 0 aliphatic carbocycles. The van der Waals surface area contributed by atoms with Gasteiger partial charge < -0.3 is 10.3 Å². The van der Waals surface area contributed by atoms with Crippen molar-refractivity contribution >= 4 is 23.3 Å². The Bertz CT molecular complexity index is 639. The molecule has 0 saturated carbocycles. The van der Waals surface area contributed by atoms with Gasteiger partial charge >= 0.3 is 0 Å². The van der Waals surface area contributed by atoms with E-state index in [-0.39, 0.29) is 0 Å². The number of thiocarbonyl (C=S) groups is 1. The fourth-order valence-corrected chi connectivity index (χ4v) is 2.20. The standard InChI is InChI=1S/C14H15N3S/c1-7-8(2)13(6-15)16-11(7)5-12-9(3)10(4)14(18)17-12/h5,16H,1-4H3,(H,17,18)/b12-5+. The van der Waals surface area contributed by atoms with Crippen LogP contribution in [-0.4, -0.2) is 9.97 Å². The molecule has 0 spiro atoms. The van der Waals surface area contributed by atoms with E-state index in [0.29, 0.717) is 5.69 Å². The molecule has 0 bridgehead atoms. The molecule has 1 aliphatic heterocycles. The van der Waals surface area contributed by atoms with Gasteiger partial charge in [-0.1, -0.05) is 12.2 Å². The fraction of sp³-hybridized carbons (Fsp3) is 0.286. The number of nitrogens with one attached hydrogen (secondary N) is 2. The molecule has 92 valence electrons. The molecule has 2 heterocycles. The van der Waals surface area contributed by atoms with Crippen molar-refractivity contribution in [1.29, 1.82) is 5.26 Å². The SMILES string of the molecule is CC1=C(C)/C(=C\c2[nH]c(C#N)c(C)c2C)NC1=S. The van der Waals surface area contributed by atoms with Crippen molar-refractivity contribution in [3.05, 3.63) is 39.4 Å². The van der Waals surface area contributed by atoms with Crippen LogP contribution in [0.2, 0.25) is 0 Å². The third-order valence-electron chi connectivity index (χ3n) is 3.56. The molecule has 4 heteroatoms. The minimum absolute atomic E-state index is 0.623. The number of H-pyrrole nitrogens is 1. The van der Waals surface area contributed by atoms with Crippen LogP contribution in [0.4, 0.5) is 0 Å². The molecule has 2 rings (SSSR count). The molecule has 2 N–H and O–H groups in total. The third kappa shape index (κ3) is 1.87. The van der Waals surface area contributed by atoms with Crippen LogP contribution in [-0.2, 0) is 0 Å². The van der Waals surface area contributed by atoms with Gasteiger partial charge in [0.1, 0.15) is 16.8 Å². The molecule has 1 aromatic rings. The van der Waals surface area contributed by atoms with Gasteiger partial charge in [0.2, 0.25) is 0 Å². The molecule has 0 radical (unpaired) electrons. The summed E-state index contributed by atoms with van der Waals surface area (Å²) in [7, 11) is 0. The molecule has 0 unspecified atom stereocenters. The molecule has 0 amide bonds. The number of aromatic nitrogens is 1. The largest absolute Gasteiger partial charge is 0.346 e. The van der Waals surface area contributed by atoms with E-state index in [1.165, 1.54) is 0 Å². The first-order valence-corrected chi connectivity index (χ1v) is 6.16. The average Bonchev–Trinajstić information content (AvgIpc) is 2.75. The molecule has 3 nitrogen and oxygen atoms in total. The first kappa shape index (κ1) is 12.6. The minimum Gasteiger partial charge on any atom is -0.346 e. The van der Waals surface area contributed by atoms with Crippen LogP contribution < -0.4 is 5.32 Å². The highest BCUT2D eigenvalue weighted by atomic mass is 32.1. The fourth-order valence-electron chi connectivity index (χ4n) is 1.94. The zero-order valence-electron chi connectivity index (χ0n) is 10.9. The second kappa shape index (κ2) is 4.43. The highest BCUT2D eigenvalue weighted by Gasteiger charge is 2.18. The van der Waals surface area contributed by atoms with Gasteiger partial charge in [-0.05, 0) is 56.0 Å². The van der Waals surface area contributed by atoms with Crippen LogP contribution in [0.5, 0.6) is 0 Å². The Balaban J connectivity index is 2.48. The van der Waals surface area contributed by atoms with E-state index >= 15 is 0 Å². The van der Waals surface area contributed by atoms with E-state index in [9.17, 15) is 0 Å². The van der Waals surface area contributed by atoms with Gasteiger partial charge in [0, 0.05) is 11.4 Å². The van der Waals surface area contributed by atoms with Crippen LogP contribution in [0.1, 0.15) is 36.4 Å². The Morgan fingerprint density at radius 3 is 2.22 bits per heavy atom. The Labute approximate surface area is 112 Å². The normalized spacial score (nSPS) is 17.3. The molecule has 0 atom stereocenters. The van der Waals surface area contributed by atoms with E-state index in [2.05, 4.69) is 16.4 Å². The summed E-state index contributed by atoms with van der Waals surface area (Å²) in [4.78, 5) is 3.91. The maximum atomic E-state index is 9.01. The number of nitriles is 1. The zero-order valence-corrected chi connectivity index (χ0v) is 11.7. The van der Waals surface area contributed by atoms with Crippen LogP contribution in [0.3, 0.4) is 0 Å². The van der Waals surface area contributed by atoms with Crippen molar-refractivity contribution < 1.29 is 0 Å². The number of allylic oxidation sites excluding steroid dienone is 1. The van der Waals surface area contributed by atoms with Crippen molar-refractivity contribution in [3.8, 4) is 6.07 Å². The van der Waals surface area contributed by atoms with Crippen LogP contribution in [0.25, 0.3) is 6.08 Å². The number of hydrogen-bond acceptors (Lipinski definition) is 2. The number of hydrogen-bond donors (Lipinski definition) is 2. The molecular weight excluding hydrogens is 242 g/mol. The Morgan fingerprint density at radius 1 is 1.11 bits per heavy atom. The van der Waals surface area contributed by atoms with Crippen LogP contribution in [0, 0.1) is 25.2 Å². The molecular formula is C14H15N3S. The Hall–Kier alpha value is -1.86. The van der Waals surface area contributed by atoms with Crippen molar-refractivity contribution in [2.45, 2.75) is 27.7 Å². The van der Waals surface area contributed by atoms with E-state index in [4.69, 9.17) is 17.5 Å². The zero-order chi connectivity index (χ0) is 13.4. The summed E-state index contributed by atoms with van der Waals surface area (Å²) in [6.07, 6.45) is 2.02. The van der Waals surface area contributed by atoms with Crippen molar-refractivity contribution in [2.75, 3.05) is 0 Å². The van der Waals surface area contributed by atoms with Gasteiger partial charge in [0.15, 0.2) is 0 Å². The van der Waals surface area contributed by atoms with Gasteiger partial charge in [-0.3, -0.25) is 0 Å². The van der Waals surface area contributed by atoms with Crippen molar-refractivity contribution in [1.82, 2.24) is 10.3 Å². The topological polar surface area (TPSA) is 51.6 Å². The minimum atomic E-state index is 0.623. The van der Waals surface area contributed by atoms with Gasteiger partial charge in [0.25, 0.3) is 0 Å². The summed E-state index contributed by atoms with van der Waals surface area (Å²) in [5, 5.41) is 12.2. The lowest BCUT2D eigenvalue weighted by Gasteiger charge is -2.01. The maximum Gasteiger partial charge on any atom is 0.121 e. The summed E-state index contributed by atoms with van der Waals surface area (Å²) >= 11 is 5.23. The molecule has 0 aromatic carbocycles. The predicted octanol–water partition coefficient (Wildman–Crippen LogP) is 3.11. The van der Waals surface area contributed by atoms with Gasteiger partial charge in [-0.25, -0.2) is 0 Å². The van der Waals surface area contributed by atoms with E-state index in [1.807, 2.05) is 33.8 Å². The maximum absolute atomic E-state index is 9.01. The summed E-state index contributed by atoms with van der Waals surface area (Å²) in [6.45, 7) is 8.02. The molecule has 1 aliphatic rings. The lowest BCUT2D eigenvalue weighted by Crippen LogP contribution is -2.13. The summed E-state index contributed by atoms with van der Waals surface area (Å²) < 4.78 is 0. The lowest BCUT2D eigenvalue weighted by molar-refractivity contribution is 1.20. The summed E-state index contributed by atoms with van der Waals surface area (Å²) in [6, 6.07) is 2.17. The number of aromatic amines is 1. The molecule has 0 fully saturated rings. The summed E-state index contributed by atoms with van der Waals surface area (Å²) in [5.74, 6) is 0. The van der Waals surface area contributed by atoms with Gasteiger partial charge in [-0.15, -0.1) is 0 Å². The first-order chi connectivity index (χ1) is 8.45. The highest BCUT2D eigenvalue weighted by molar-refractivity contribution is 7.80. The molecule has 0 saturated heterocycles. The van der Waals surface area contributed by atoms with Crippen LogP contribution in [0.15, 0.2) is 16.8 Å². The third-order valence-corrected chi connectivity index (χ3v) is 3.97. The number of nitrogens with zero attached hydrogens (tertiary/aromatic N) is 1. The second-order valence-electron chi connectivity index (χ2n) is 4.54. The predicted molar refractivity (Wildman–Crippen MR) is 77.1 cm³/mol. The van der Waals surface area contributed by atoms with Crippen molar-refractivity contribution in [2.24, 2.45) is 0 Å². The van der Waals surface area contributed by atoms with Gasteiger partial charge in [-0.2, -0.15) is 5.26 Å². The monoisotopic (exact) mass is 257 g/mol. The molecule has 18 heavy (non-hydrogen) atoms. The number of rotatable bonds is 1. The smallest absolute Gasteiger partial charge is 0.121 e. The Kier molecular flexibility index (Phi) is 3.10. The van der Waals surface area contributed by atoms with E-state index in [0.717, 1.165) is 38.7 Å². The second-order valence-corrected chi connectivity index (χ2v) is 4.95. The van der Waals surface area contributed by atoms with Crippen molar-refractivity contribution in [3.63, 3.8) is 0 Å². The van der Waals surface area contributed by atoms with E-state index < -0.39 is 0 Å². The Morgan fingerprint density at radius 2 is 1.78 bits per heavy atom. The van der Waals surface area contributed by atoms with Crippen LogP contribution >= 0.6 is 12.2 Å². The lowest BCUT2D eigenvalue weighted by atomic mass is 10.1. The highest BCUT2D eigenvalue weighted by Crippen LogP contribution is 2.25. The summed E-state index contributed by atoms with van der Waals surface area (Å²) in [5.41, 5.74) is 6.96. The quantitative estimate of drug-likeness (QED) is 0.760. The van der Waals surface area contributed by atoms with Gasteiger partial charge in [0.05, 0.1) is 0 Å². The first-order valence-electron chi connectivity index (χ1n) is 5.76. The average molecular weight is 257 g/mol.